The third-order valence-corrected chi connectivity index (χ3v) is 5.74. The van der Waals surface area contributed by atoms with Crippen LogP contribution in [0.25, 0.3) is 0 Å². The first-order chi connectivity index (χ1) is 15.5. The van der Waals surface area contributed by atoms with Crippen molar-refractivity contribution in [2.75, 3.05) is 18.6 Å². The number of rotatable bonds is 14. The Hall–Kier alpha value is -2.87. The standard InChI is InChI=1S/C19H31N5O8S/c1-33-8-6-11(19(31)32)22-16(28)12(9-15(26)27)23-17(29)13-3-2-7-24(13)18(30)10(20)4-5-14(21)25/h10-13H,2-9,20H2,1H3,(H2,21,25)(H,22,28)(H,23,29)(H,26,27)(H,31,32). The maximum Gasteiger partial charge on any atom is 0.326 e. The molecule has 8 N–H and O–H groups in total. The van der Waals surface area contributed by atoms with Crippen LogP contribution in [-0.4, -0.2) is 93.4 Å². The first-order valence-electron chi connectivity index (χ1n) is 10.4. The Morgan fingerprint density at radius 1 is 1.09 bits per heavy atom. The molecule has 0 aromatic carbocycles. The summed E-state index contributed by atoms with van der Waals surface area (Å²) in [4.78, 5) is 72.8. The molecule has 4 amide bonds. The smallest absolute Gasteiger partial charge is 0.326 e. The summed E-state index contributed by atoms with van der Waals surface area (Å²) in [5.74, 6) is -5.09. The zero-order valence-electron chi connectivity index (χ0n) is 18.3. The number of nitrogens with two attached hydrogens (primary N) is 2. The molecule has 4 unspecified atom stereocenters. The predicted octanol–water partition coefficient (Wildman–Crippen LogP) is -2.15. The quantitative estimate of drug-likeness (QED) is 0.155. The van der Waals surface area contributed by atoms with Crippen molar-refractivity contribution in [3.8, 4) is 0 Å². The predicted molar refractivity (Wildman–Crippen MR) is 118 cm³/mol. The SMILES string of the molecule is CSCCC(NC(=O)C(CC(=O)O)NC(=O)C1CCCN1C(=O)C(N)CCC(N)=O)C(=O)O. The van der Waals surface area contributed by atoms with Gasteiger partial charge in [-0.25, -0.2) is 4.79 Å². The lowest BCUT2D eigenvalue weighted by atomic mass is 10.1. The Labute approximate surface area is 195 Å². The molecule has 0 radical (unpaired) electrons. The Morgan fingerprint density at radius 3 is 2.30 bits per heavy atom. The zero-order valence-corrected chi connectivity index (χ0v) is 19.1. The number of amides is 4. The number of carboxylic acids is 2. The molecular weight excluding hydrogens is 458 g/mol. The van der Waals surface area contributed by atoms with Crippen LogP contribution in [0, 0.1) is 0 Å². The number of aliphatic carboxylic acids is 2. The molecule has 4 atom stereocenters. The number of carbonyl (C=O) groups is 6. The lowest BCUT2D eigenvalue weighted by Gasteiger charge is -2.28. The van der Waals surface area contributed by atoms with Crippen molar-refractivity contribution in [1.29, 1.82) is 0 Å². The maximum atomic E-state index is 12.8. The van der Waals surface area contributed by atoms with Gasteiger partial charge in [-0.3, -0.25) is 24.0 Å². The molecule has 0 aromatic heterocycles. The minimum Gasteiger partial charge on any atom is -0.481 e. The Bertz CT molecular complexity index is 764. The van der Waals surface area contributed by atoms with Gasteiger partial charge < -0.3 is 37.2 Å². The maximum absolute atomic E-state index is 12.8. The van der Waals surface area contributed by atoms with Crippen LogP contribution >= 0.6 is 11.8 Å². The fourth-order valence-electron chi connectivity index (χ4n) is 3.35. The number of likely N-dealkylation sites (tertiary alicyclic amines) is 1. The Morgan fingerprint density at radius 2 is 1.76 bits per heavy atom. The number of nitrogens with one attached hydrogen (secondary N) is 2. The van der Waals surface area contributed by atoms with Crippen LogP contribution in [0.5, 0.6) is 0 Å². The van der Waals surface area contributed by atoms with E-state index in [0.717, 1.165) is 0 Å². The molecule has 33 heavy (non-hydrogen) atoms. The summed E-state index contributed by atoms with van der Waals surface area (Å²) in [6.45, 7) is 0.229. The highest BCUT2D eigenvalue weighted by Crippen LogP contribution is 2.19. The van der Waals surface area contributed by atoms with Crippen molar-refractivity contribution in [2.45, 2.75) is 62.7 Å². The summed E-state index contributed by atoms with van der Waals surface area (Å²) in [7, 11) is 0. The second-order valence-electron chi connectivity index (χ2n) is 7.64. The van der Waals surface area contributed by atoms with Gasteiger partial charge in [0.2, 0.25) is 23.6 Å². The van der Waals surface area contributed by atoms with Crippen LogP contribution in [0.2, 0.25) is 0 Å². The van der Waals surface area contributed by atoms with Gasteiger partial charge in [-0.05, 0) is 37.7 Å². The molecule has 0 aliphatic carbocycles. The van der Waals surface area contributed by atoms with Crippen LogP contribution in [-0.2, 0) is 28.8 Å². The first-order valence-corrected chi connectivity index (χ1v) is 11.8. The summed E-state index contributed by atoms with van der Waals surface area (Å²) in [6.07, 6.45) is 1.78. The summed E-state index contributed by atoms with van der Waals surface area (Å²) < 4.78 is 0. The fraction of sp³-hybridized carbons (Fsp3) is 0.684. The van der Waals surface area contributed by atoms with Crippen molar-refractivity contribution in [3.05, 3.63) is 0 Å². The molecule has 0 spiro atoms. The van der Waals surface area contributed by atoms with Crippen molar-refractivity contribution < 1.29 is 39.0 Å². The highest BCUT2D eigenvalue weighted by molar-refractivity contribution is 7.98. The van der Waals surface area contributed by atoms with E-state index in [-0.39, 0.29) is 32.2 Å². The van der Waals surface area contributed by atoms with Crippen LogP contribution < -0.4 is 22.1 Å². The van der Waals surface area contributed by atoms with Crippen LogP contribution in [0.4, 0.5) is 0 Å². The van der Waals surface area contributed by atoms with Gasteiger partial charge in [0.25, 0.3) is 0 Å². The third-order valence-electron chi connectivity index (χ3n) is 5.09. The molecule has 1 aliphatic rings. The highest BCUT2D eigenvalue weighted by Gasteiger charge is 2.38. The largest absolute Gasteiger partial charge is 0.481 e. The molecule has 13 nitrogen and oxygen atoms in total. The molecule has 1 heterocycles. The zero-order chi connectivity index (χ0) is 25.1. The number of hydrogen-bond donors (Lipinski definition) is 6. The molecule has 0 bridgehead atoms. The van der Waals surface area contributed by atoms with E-state index in [1.165, 1.54) is 16.7 Å². The second kappa shape index (κ2) is 13.6. The lowest BCUT2D eigenvalue weighted by molar-refractivity contribution is -0.144. The van der Waals surface area contributed by atoms with Crippen molar-refractivity contribution in [3.63, 3.8) is 0 Å². The number of carbonyl (C=O) groups excluding carboxylic acids is 4. The normalized spacial score (nSPS) is 18.1. The highest BCUT2D eigenvalue weighted by atomic mass is 32.2. The van der Waals surface area contributed by atoms with Gasteiger partial charge in [0, 0.05) is 13.0 Å². The molecule has 1 fully saturated rings. The van der Waals surface area contributed by atoms with Gasteiger partial charge in [-0.2, -0.15) is 11.8 Å². The second-order valence-corrected chi connectivity index (χ2v) is 8.63. The topological polar surface area (TPSA) is 222 Å². The fourth-order valence-corrected chi connectivity index (χ4v) is 3.83. The number of carboxylic acid groups (broad SMARTS) is 2. The van der Waals surface area contributed by atoms with Crippen molar-refractivity contribution in [2.24, 2.45) is 11.5 Å². The van der Waals surface area contributed by atoms with Crippen LogP contribution in [0.3, 0.4) is 0 Å². The third kappa shape index (κ3) is 9.26. The molecule has 1 saturated heterocycles. The van der Waals surface area contributed by atoms with Crippen LogP contribution in [0.1, 0.15) is 38.5 Å². The number of thioether (sulfide) groups is 1. The summed E-state index contributed by atoms with van der Waals surface area (Å²) in [5.41, 5.74) is 10.9. The van der Waals surface area contributed by atoms with Gasteiger partial charge in [0.1, 0.15) is 18.1 Å². The first kappa shape index (κ1) is 28.2. The summed E-state index contributed by atoms with van der Waals surface area (Å²) in [6, 6.07) is -4.80. The van der Waals surface area contributed by atoms with Crippen molar-refractivity contribution >= 4 is 47.3 Å². The van der Waals surface area contributed by atoms with E-state index in [2.05, 4.69) is 10.6 Å². The molecular formula is C19H31N5O8S. The number of hydrogen-bond acceptors (Lipinski definition) is 8. The monoisotopic (exact) mass is 489 g/mol. The Kier molecular flexibility index (Phi) is 11.6. The number of primary amides is 1. The molecule has 1 aliphatic heterocycles. The van der Waals surface area contributed by atoms with E-state index in [0.29, 0.717) is 12.2 Å². The van der Waals surface area contributed by atoms with E-state index in [1.807, 2.05) is 0 Å². The lowest BCUT2D eigenvalue weighted by Crippen LogP contribution is -2.57. The van der Waals surface area contributed by atoms with E-state index in [4.69, 9.17) is 16.6 Å². The molecule has 186 valence electrons. The van der Waals surface area contributed by atoms with E-state index >= 15 is 0 Å². The van der Waals surface area contributed by atoms with E-state index < -0.39 is 66.2 Å². The van der Waals surface area contributed by atoms with Crippen molar-refractivity contribution in [1.82, 2.24) is 15.5 Å². The number of nitrogens with zero attached hydrogens (tertiary/aromatic N) is 1. The molecule has 1 rings (SSSR count). The average molecular weight is 490 g/mol. The average Bonchev–Trinajstić information content (AvgIpc) is 3.23. The van der Waals surface area contributed by atoms with Gasteiger partial charge in [0.15, 0.2) is 0 Å². The molecule has 0 aromatic rings. The summed E-state index contributed by atoms with van der Waals surface area (Å²) >= 11 is 1.38. The minimum absolute atomic E-state index is 0.00960. The minimum atomic E-state index is -1.53. The molecule has 0 saturated carbocycles. The van der Waals surface area contributed by atoms with E-state index in [1.54, 1.807) is 6.26 Å². The van der Waals surface area contributed by atoms with Gasteiger partial charge in [0.05, 0.1) is 12.5 Å². The van der Waals surface area contributed by atoms with Gasteiger partial charge in [-0.15, -0.1) is 0 Å². The Balaban J connectivity index is 2.88. The van der Waals surface area contributed by atoms with E-state index in [9.17, 15) is 33.9 Å². The van der Waals surface area contributed by atoms with Crippen LogP contribution in [0.15, 0.2) is 0 Å². The molecule has 14 heteroatoms. The van der Waals surface area contributed by atoms with Gasteiger partial charge in [-0.1, -0.05) is 0 Å². The summed E-state index contributed by atoms with van der Waals surface area (Å²) in [5, 5.41) is 23.0. The van der Waals surface area contributed by atoms with Gasteiger partial charge >= 0.3 is 11.9 Å².